The Labute approximate surface area is 140 Å². The lowest BCUT2D eigenvalue weighted by Crippen LogP contribution is -1.93. The zero-order valence-corrected chi connectivity index (χ0v) is 13.4. The Kier molecular flexibility index (Phi) is 3.64. The summed E-state index contributed by atoms with van der Waals surface area (Å²) in [4.78, 5) is 0. The minimum atomic E-state index is 0.821. The fraction of sp³-hybridized carbons (Fsp3) is 0.0476. The van der Waals surface area contributed by atoms with Gasteiger partial charge in [-0.2, -0.15) is 0 Å². The molecule has 2 heteroatoms. The number of hydrogen-bond donors (Lipinski definition) is 0. The smallest absolute Gasteiger partial charge is 0.0563 e. The normalized spacial score (nSPS) is 11.0. The fourth-order valence-electron chi connectivity index (χ4n) is 3.08. The van der Waals surface area contributed by atoms with E-state index in [9.17, 15) is 0 Å². The number of halogens is 1. The van der Waals surface area contributed by atoms with Gasteiger partial charge in [0.15, 0.2) is 0 Å². The van der Waals surface area contributed by atoms with Crippen molar-refractivity contribution in [3.8, 4) is 11.3 Å². The molecule has 0 aliphatic carbocycles. The van der Waals surface area contributed by atoms with Crippen LogP contribution in [0.4, 0.5) is 0 Å². The van der Waals surface area contributed by atoms with Crippen molar-refractivity contribution in [3.63, 3.8) is 0 Å². The third kappa shape index (κ3) is 2.64. The molecule has 0 aliphatic rings. The first-order valence-electron chi connectivity index (χ1n) is 7.71. The maximum absolute atomic E-state index is 6.36. The molecule has 0 amide bonds. The van der Waals surface area contributed by atoms with Crippen LogP contribution in [0.1, 0.15) is 11.1 Å². The Bertz CT molecular complexity index is 954. The molecule has 23 heavy (non-hydrogen) atoms. The average molecular weight is 318 g/mol. The first-order chi connectivity index (χ1) is 11.3. The van der Waals surface area contributed by atoms with Crippen LogP contribution in [0.2, 0.25) is 5.02 Å². The zero-order chi connectivity index (χ0) is 15.6. The highest BCUT2D eigenvalue weighted by Crippen LogP contribution is 2.30. The largest absolute Gasteiger partial charge is 0.316 e. The van der Waals surface area contributed by atoms with Crippen LogP contribution in [-0.4, -0.2) is 4.40 Å². The van der Waals surface area contributed by atoms with Gasteiger partial charge in [0, 0.05) is 23.2 Å². The minimum Gasteiger partial charge on any atom is -0.316 e. The first-order valence-corrected chi connectivity index (χ1v) is 8.08. The van der Waals surface area contributed by atoms with Crippen molar-refractivity contribution in [2.75, 3.05) is 0 Å². The third-order valence-corrected chi connectivity index (χ3v) is 4.51. The van der Waals surface area contributed by atoms with E-state index in [2.05, 4.69) is 65.2 Å². The van der Waals surface area contributed by atoms with Gasteiger partial charge in [-0.25, -0.2) is 0 Å². The summed E-state index contributed by atoms with van der Waals surface area (Å²) < 4.78 is 2.25. The van der Waals surface area contributed by atoms with Crippen molar-refractivity contribution in [2.45, 2.75) is 6.42 Å². The standard InChI is InChI=1S/C21H16ClN/c22-20-12-5-4-10-17(20)14-18-15-19-11-6-7-13-23(19)21(18)16-8-2-1-3-9-16/h1-13,15H,14H2. The van der Waals surface area contributed by atoms with Crippen molar-refractivity contribution in [1.82, 2.24) is 4.40 Å². The summed E-state index contributed by atoms with van der Waals surface area (Å²) in [6, 6.07) is 27.1. The average Bonchev–Trinajstić information content (AvgIpc) is 2.95. The molecule has 0 spiro atoms. The van der Waals surface area contributed by atoms with Crippen molar-refractivity contribution in [3.05, 3.63) is 101 Å². The van der Waals surface area contributed by atoms with Crippen molar-refractivity contribution in [2.24, 2.45) is 0 Å². The van der Waals surface area contributed by atoms with Crippen molar-refractivity contribution < 1.29 is 0 Å². The summed E-state index contributed by atoms with van der Waals surface area (Å²) in [7, 11) is 0. The highest BCUT2D eigenvalue weighted by Gasteiger charge is 2.13. The predicted octanol–water partition coefficient (Wildman–Crippen LogP) is 5.85. The lowest BCUT2D eigenvalue weighted by Gasteiger charge is -2.08. The molecule has 0 saturated carbocycles. The monoisotopic (exact) mass is 317 g/mol. The van der Waals surface area contributed by atoms with Crippen LogP contribution >= 0.6 is 11.6 Å². The summed E-state index contributed by atoms with van der Waals surface area (Å²) >= 11 is 6.36. The molecule has 0 radical (unpaired) electrons. The van der Waals surface area contributed by atoms with Crippen LogP contribution in [0.5, 0.6) is 0 Å². The number of rotatable bonds is 3. The number of aromatic nitrogens is 1. The van der Waals surface area contributed by atoms with Gasteiger partial charge in [-0.3, -0.25) is 0 Å². The highest BCUT2D eigenvalue weighted by molar-refractivity contribution is 6.31. The van der Waals surface area contributed by atoms with Crippen LogP contribution in [0, 0.1) is 0 Å². The fourth-order valence-corrected chi connectivity index (χ4v) is 3.28. The van der Waals surface area contributed by atoms with E-state index in [0.29, 0.717) is 0 Å². The molecule has 0 N–H and O–H groups in total. The Morgan fingerprint density at radius 2 is 1.48 bits per heavy atom. The summed E-state index contributed by atoms with van der Waals surface area (Å²) in [5.74, 6) is 0. The Morgan fingerprint density at radius 3 is 2.30 bits per heavy atom. The maximum atomic E-state index is 6.36. The Balaban J connectivity index is 1.91. The molecule has 0 unspecified atom stereocenters. The number of pyridine rings is 1. The lowest BCUT2D eigenvalue weighted by molar-refractivity contribution is 1.15. The van der Waals surface area contributed by atoms with Crippen LogP contribution < -0.4 is 0 Å². The molecule has 4 rings (SSSR count). The van der Waals surface area contributed by atoms with E-state index in [4.69, 9.17) is 11.6 Å². The van der Waals surface area contributed by atoms with Crippen LogP contribution in [-0.2, 0) is 6.42 Å². The summed E-state index contributed by atoms with van der Waals surface area (Å²) in [5, 5.41) is 0.821. The molecule has 0 bridgehead atoms. The molecule has 2 heterocycles. The molecular weight excluding hydrogens is 302 g/mol. The van der Waals surface area contributed by atoms with Gasteiger partial charge in [0.05, 0.1) is 5.69 Å². The molecule has 2 aromatic heterocycles. The molecule has 112 valence electrons. The second kappa shape index (κ2) is 5.94. The Hall–Kier alpha value is -2.51. The van der Waals surface area contributed by atoms with E-state index in [1.807, 2.05) is 24.3 Å². The zero-order valence-electron chi connectivity index (χ0n) is 12.6. The van der Waals surface area contributed by atoms with Gasteiger partial charge in [-0.1, -0.05) is 66.2 Å². The molecule has 1 nitrogen and oxygen atoms in total. The van der Waals surface area contributed by atoms with Gasteiger partial charge in [0.2, 0.25) is 0 Å². The van der Waals surface area contributed by atoms with Gasteiger partial charge in [-0.15, -0.1) is 0 Å². The first kappa shape index (κ1) is 14.1. The van der Waals surface area contributed by atoms with Gasteiger partial charge in [0.1, 0.15) is 0 Å². The SMILES string of the molecule is Clc1ccccc1Cc1cc2ccccn2c1-c1ccccc1. The number of hydrogen-bond acceptors (Lipinski definition) is 0. The minimum absolute atomic E-state index is 0.821. The molecule has 0 atom stereocenters. The molecule has 4 aromatic rings. The topological polar surface area (TPSA) is 4.41 Å². The van der Waals surface area contributed by atoms with E-state index < -0.39 is 0 Å². The summed E-state index contributed by atoms with van der Waals surface area (Å²) in [5.41, 5.74) is 6.10. The maximum Gasteiger partial charge on any atom is 0.0563 e. The predicted molar refractivity (Wildman–Crippen MR) is 97.1 cm³/mol. The molecule has 0 fully saturated rings. The molecule has 0 aliphatic heterocycles. The molecule has 2 aromatic carbocycles. The lowest BCUT2D eigenvalue weighted by atomic mass is 10.0. The van der Waals surface area contributed by atoms with E-state index in [1.54, 1.807) is 0 Å². The van der Waals surface area contributed by atoms with E-state index in [1.165, 1.54) is 22.3 Å². The van der Waals surface area contributed by atoms with Gasteiger partial charge in [-0.05, 0) is 41.0 Å². The van der Waals surface area contributed by atoms with Crippen LogP contribution in [0.15, 0.2) is 85.1 Å². The number of benzene rings is 2. The van der Waals surface area contributed by atoms with E-state index in [0.717, 1.165) is 17.0 Å². The van der Waals surface area contributed by atoms with Crippen LogP contribution in [0.3, 0.4) is 0 Å². The number of nitrogens with zero attached hydrogens (tertiary/aromatic N) is 1. The molecular formula is C21H16ClN. The Morgan fingerprint density at radius 1 is 0.739 bits per heavy atom. The summed E-state index contributed by atoms with van der Waals surface area (Å²) in [6.07, 6.45) is 2.94. The summed E-state index contributed by atoms with van der Waals surface area (Å²) in [6.45, 7) is 0. The molecule has 0 saturated heterocycles. The van der Waals surface area contributed by atoms with Gasteiger partial charge < -0.3 is 4.40 Å². The van der Waals surface area contributed by atoms with Crippen LogP contribution in [0.25, 0.3) is 16.8 Å². The second-order valence-electron chi connectivity index (χ2n) is 5.65. The second-order valence-corrected chi connectivity index (χ2v) is 6.06. The highest BCUT2D eigenvalue weighted by atomic mass is 35.5. The van der Waals surface area contributed by atoms with Gasteiger partial charge in [0.25, 0.3) is 0 Å². The number of fused-ring (bicyclic) bond motifs is 1. The van der Waals surface area contributed by atoms with Gasteiger partial charge >= 0.3 is 0 Å². The van der Waals surface area contributed by atoms with E-state index >= 15 is 0 Å². The van der Waals surface area contributed by atoms with Crippen molar-refractivity contribution >= 4 is 17.1 Å². The quantitative estimate of drug-likeness (QED) is 0.446. The van der Waals surface area contributed by atoms with E-state index in [-0.39, 0.29) is 0 Å². The third-order valence-electron chi connectivity index (χ3n) is 4.14. The van der Waals surface area contributed by atoms with Crippen molar-refractivity contribution in [1.29, 1.82) is 0 Å².